The van der Waals surface area contributed by atoms with E-state index in [1.807, 2.05) is 13.8 Å². The topological polar surface area (TPSA) is 108 Å². The summed E-state index contributed by atoms with van der Waals surface area (Å²) >= 11 is 0. The summed E-state index contributed by atoms with van der Waals surface area (Å²) in [5, 5.41) is 5.47. The Morgan fingerprint density at radius 3 is 2.27 bits per heavy atom. The minimum absolute atomic E-state index is 0.0848. The molecule has 1 aromatic heterocycles. The van der Waals surface area contributed by atoms with Gasteiger partial charge in [-0.25, -0.2) is 0 Å². The van der Waals surface area contributed by atoms with Crippen molar-refractivity contribution in [2.75, 3.05) is 10.6 Å². The number of anilines is 2. The summed E-state index contributed by atoms with van der Waals surface area (Å²) in [5.74, 6) is -0.854. The third-order valence-corrected chi connectivity index (χ3v) is 5.02. The number of carbonyl (C=O) groups is 3. The number of hydrogen-bond donors (Lipinski definition) is 3. The predicted octanol–water partition coefficient (Wildman–Crippen LogP) is 3.77. The first-order valence-electron chi connectivity index (χ1n) is 9.88. The minimum atomic E-state index is -0.615. The van der Waals surface area contributed by atoms with Crippen LogP contribution in [0.2, 0.25) is 0 Å². The van der Waals surface area contributed by atoms with Gasteiger partial charge in [0, 0.05) is 34.5 Å². The zero-order valence-electron chi connectivity index (χ0n) is 17.9. The van der Waals surface area contributed by atoms with E-state index in [0.717, 1.165) is 0 Å². The van der Waals surface area contributed by atoms with Crippen LogP contribution in [0.1, 0.15) is 67.4 Å². The van der Waals surface area contributed by atoms with Crippen molar-refractivity contribution in [2.24, 2.45) is 10.8 Å². The Balaban J connectivity index is 1.83. The van der Waals surface area contributed by atoms with E-state index >= 15 is 0 Å². The average Bonchev–Trinajstić information content (AvgIpc) is 2.59. The highest BCUT2D eigenvalue weighted by Gasteiger charge is 2.32. The smallest absolute Gasteiger partial charge is 0.261 e. The van der Waals surface area contributed by atoms with E-state index in [9.17, 15) is 19.2 Å². The number of benzene rings is 1. The van der Waals surface area contributed by atoms with E-state index in [1.165, 1.54) is 6.07 Å². The minimum Gasteiger partial charge on any atom is -0.326 e. The van der Waals surface area contributed by atoms with Crippen LogP contribution >= 0.6 is 0 Å². The van der Waals surface area contributed by atoms with E-state index < -0.39 is 16.9 Å². The lowest BCUT2D eigenvalue weighted by Crippen LogP contribution is -2.32. The molecule has 0 saturated heterocycles. The van der Waals surface area contributed by atoms with Gasteiger partial charge < -0.3 is 15.6 Å². The van der Waals surface area contributed by atoms with Crippen LogP contribution in [0.25, 0.3) is 0 Å². The molecule has 0 fully saturated rings. The number of nitrogens with one attached hydrogen (secondary N) is 3. The van der Waals surface area contributed by atoms with Crippen molar-refractivity contribution >= 4 is 29.0 Å². The molecule has 0 radical (unpaired) electrons. The lowest BCUT2D eigenvalue weighted by atomic mass is 9.75. The third kappa shape index (κ3) is 4.67. The van der Waals surface area contributed by atoms with Gasteiger partial charge in [0.2, 0.25) is 5.91 Å². The molecule has 2 amide bonds. The van der Waals surface area contributed by atoms with Crippen LogP contribution < -0.4 is 16.2 Å². The number of rotatable bonds is 3. The first-order valence-corrected chi connectivity index (χ1v) is 9.88. The van der Waals surface area contributed by atoms with Gasteiger partial charge in [-0.2, -0.15) is 0 Å². The first kappa shape index (κ1) is 21.5. The first-order chi connectivity index (χ1) is 13.9. The summed E-state index contributed by atoms with van der Waals surface area (Å²) in [6, 6.07) is 8.06. The van der Waals surface area contributed by atoms with Gasteiger partial charge in [-0.3, -0.25) is 19.2 Å². The SMILES string of the molecule is CC1(C)CC(=O)c2cc(C(=O)Nc3cccc(NC(=O)C(C)(C)C)c3)c(=O)[nH]c2C1. The molecule has 1 aliphatic carbocycles. The zero-order valence-corrected chi connectivity index (χ0v) is 17.9. The van der Waals surface area contributed by atoms with E-state index in [-0.39, 0.29) is 22.7 Å². The number of fused-ring (bicyclic) bond motifs is 1. The number of aromatic nitrogens is 1. The molecule has 3 rings (SSSR count). The summed E-state index contributed by atoms with van der Waals surface area (Å²) in [6.07, 6.45) is 0.934. The standard InChI is InChI=1S/C23H27N3O4/c1-22(2,3)21(30)25-14-8-6-7-13(9-14)24-19(28)16-10-15-17(26-20(16)29)11-23(4,5)12-18(15)27/h6-10H,11-12H2,1-5H3,(H,24,28)(H,25,30)(H,26,29). The second-order valence-corrected chi connectivity index (χ2v) is 9.58. The van der Waals surface area contributed by atoms with Crippen molar-refractivity contribution in [1.82, 2.24) is 4.98 Å². The number of aromatic amines is 1. The largest absolute Gasteiger partial charge is 0.326 e. The maximum atomic E-state index is 12.7. The van der Waals surface area contributed by atoms with Gasteiger partial charge in [-0.15, -0.1) is 0 Å². The van der Waals surface area contributed by atoms with E-state index in [1.54, 1.807) is 45.0 Å². The maximum absolute atomic E-state index is 12.7. The molecule has 2 aromatic rings. The summed E-state index contributed by atoms with van der Waals surface area (Å²) in [5.41, 5.74) is 0.488. The fourth-order valence-electron chi connectivity index (χ4n) is 3.39. The molecule has 0 aliphatic heterocycles. The van der Waals surface area contributed by atoms with E-state index in [2.05, 4.69) is 15.6 Å². The van der Waals surface area contributed by atoms with Gasteiger partial charge in [0.1, 0.15) is 5.56 Å². The molecule has 7 nitrogen and oxygen atoms in total. The molecule has 0 unspecified atom stereocenters. The van der Waals surface area contributed by atoms with E-state index in [0.29, 0.717) is 35.5 Å². The summed E-state index contributed by atoms with van der Waals surface area (Å²) in [6.45, 7) is 9.35. The Hall–Kier alpha value is -3.22. The highest BCUT2D eigenvalue weighted by Crippen LogP contribution is 2.33. The second-order valence-electron chi connectivity index (χ2n) is 9.58. The van der Waals surface area contributed by atoms with Crippen molar-refractivity contribution in [1.29, 1.82) is 0 Å². The van der Waals surface area contributed by atoms with Crippen LogP contribution in [-0.2, 0) is 11.2 Å². The quantitative estimate of drug-likeness (QED) is 0.717. The Labute approximate surface area is 175 Å². The second kappa shape index (κ2) is 7.55. The van der Waals surface area contributed by atoms with Crippen molar-refractivity contribution in [3.63, 3.8) is 0 Å². The lowest BCUT2D eigenvalue weighted by molar-refractivity contribution is -0.123. The molecule has 30 heavy (non-hydrogen) atoms. The van der Waals surface area contributed by atoms with Crippen molar-refractivity contribution < 1.29 is 14.4 Å². The number of carbonyl (C=O) groups excluding carboxylic acids is 3. The number of ketones is 1. The van der Waals surface area contributed by atoms with Gasteiger partial charge in [0.25, 0.3) is 11.5 Å². The van der Waals surface area contributed by atoms with E-state index in [4.69, 9.17) is 0 Å². The number of Topliss-reactive ketones (excluding diaryl/α,β-unsaturated/α-hetero) is 1. The van der Waals surface area contributed by atoms with Crippen molar-refractivity contribution in [2.45, 2.75) is 47.5 Å². The maximum Gasteiger partial charge on any atom is 0.261 e. The summed E-state index contributed by atoms with van der Waals surface area (Å²) in [7, 11) is 0. The van der Waals surface area contributed by atoms with Gasteiger partial charge in [0.15, 0.2) is 5.78 Å². The van der Waals surface area contributed by atoms with Crippen LogP contribution in [0.5, 0.6) is 0 Å². The van der Waals surface area contributed by atoms with Crippen LogP contribution in [0.15, 0.2) is 35.1 Å². The van der Waals surface area contributed by atoms with Crippen LogP contribution in [-0.4, -0.2) is 22.6 Å². The third-order valence-electron chi connectivity index (χ3n) is 5.02. The molecule has 0 atom stereocenters. The lowest BCUT2D eigenvalue weighted by Gasteiger charge is -2.29. The molecule has 0 spiro atoms. The molecule has 1 heterocycles. The average molecular weight is 409 g/mol. The zero-order chi connectivity index (χ0) is 22.3. The molecule has 7 heteroatoms. The Morgan fingerprint density at radius 1 is 1.00 bits per heavy atom. The number of pyridine rings is 1. The fraction of sp³-hybridized carbons (Fsp3) is 0.391. The van der Waals surface area contributed by atoms with Gasteiger partial charge in [0.05, 0.1) is 0 Å². The molecule has 0 bridgehead atoms. The Morgan fingerprint density at radius 2 is 1.63 bits per heavy atom. The molecule has 3 N–H and O–H groups in total. The predicted molar refractivity (Wildman–Crippen MR) is 116 cm³/mol. The number of H-pyrrole nitrogens is 1. The number of hydrogen-bond acceptors (Lipinski definition) is 4. The normalized spacial score (nSPS) is 15.3. The Bertz CT molecular complexity index is 1090. The van der Waals surface area contributed by atoms with Crippen molar-refractivity contribution in [3.05, 3.63) is 57.5 Å². The highest BCUT2D eigenvalue weighted by atomic mass is 16.2. The molecule has 0 saturated carbocycles. The fourth-order valence-corrected chi connectivity index (χ4v) is 3.39. The molecule has 1 aromatic carbocycles. The summed E-state index contributed by atoms with van der Waals surface area (Å²) < 4.78 is 0. The molecule has 158 valence electrons. The Kier molecular flexibility index (Phi) is 5.41. The van der Waals surface area contributed by atoms with Crippen LogP contribution in [0.4, 0.5) is 11.4 Å². The highest BCUT2D eigenvalue weighted by molar-refractivity contribution is 6.07. The molecular weight excluding hydrogens is 382 g/mol. The van der Waals surface area contributed by atoms with Gasteiger partial charge in [-0.1, -0.05) is 40.7 Å². The molecule has 1 aliphatic rings. The van der Waals surface area contributed by atoms with Gasteiger partial charge in [-0.05, 0) is 36.1 Å². The number of amides is 2. The summed E-state index contributed by atoms with van der Waals surface area (Å²) in [4.78, 5) is 52.6. The molecular formula is C23H27N3O4. The monoisotopic (exact) mass is 409 g/mol. The van der Waals surface area contributed by atoms with Crippen molar-refractivity contribution in [3.8, 4) is 0 Å². The van der Waals surface area contributed by atoms with Crippen LogP contribution in [0, 0.1) is 10.8 Å². The van der Waals surface area contributed by atoms with Gasteiger partial charge >= 0.3 is 0 Å². The van der Waals surface area contributed by atoms with Crippen LogP contribution in [0.3, 0.4) is 0 Å².